The average Bonchev–Trinajstić information content (AvgIpc) is 2.89. The zero-order valence-electron chi connectivity index (χ0n) is 9.82. The van der Waals surface area contributed by atoms with Gasteiger partial charge in [-0.1, -0.05) is 0 Å². The summed E-state index contributed by atoms with van der Waals surface area (Å²) in [5.74, 6) is 0.855. The zero-order chi connectivity index (χ0) is 11.4. The van der Waals surface area contributed by atoms with E-state index in [2.05, 4.69) is 0 Å². The third-order valence-electron chi connectivity index (χ3n) is 3.16. The Balaban J connectivity index is 1.69. The van der Waals surface area contributed by atoms with E-state index in [1.165, 1.54) is 12.8 Å². The molecule has 0 amide bonds. The molecule has 16 heavy (non-hydrogen) atoms. The summed E-state index contributed by atoms with van der Waals surface area (Å²) in [5.41, 5.74) is 0.893. The molecule has 1 aliphatic rings. The van der Waals surface area contributed by atoms with Crippen molar-refractivity contribution in [2.24, 2.45) is 0 Å². The Hall–Kier alpha value is -0.800. The first-order valence-electron chi connectivity index (χ1n) is 6.10. The second-order valence-corrected chi connectivity index (χ2v) is 4.57. The fourth-order valence-electron chi connectivity index (χ4n) is 2.22. The molecule has 2 rings (SSSR count). The summed E-state index contributed by atoms with van der Waals surface area (Å²) < 4.78 is 10.7. The van der Waals surface area contributed by atoms with Crippen molar-refractivity contribution >= 4 is 0 Å². The molecule has 0 spiro atoms. The highest BCUT2D eigenvalue weighted by Gasteiger charge is 2.16. The van der Waals surface area contributed by atoms with Crippen LogP contribution in [0.5, 0.6) is 0 Å². The summed E-state index contributed by atoms with van der Waals surface area (Å²) in [7, 11) is 0. The van der Waals surface area contributed by atoms with Gasteiger partial charge in [0.05, 0.1) is 18.5 Å². The summed E-state index contributed by atoms with van der Waals surface area (Å²) in [5, 5.41) is 9.91. The van der Waals surface area contributed by atoms with Gasteiger partial charge in [0.25, 0.3) is 0 Å². The first-order chi connectivity index (χ1) is 7.75. The quantitative estimate of drug-likeness (QED) is 0.836. The fraction of sp³-hybridized carbons (Fsp3) is 0.692. The molecule has 0 saturated carbocycles. The van der Waals surface area contributed by atoms with Gasteiger partial charge in [-0.3, -0.25) is 0 Å². The standard InChI is InChI=1S/C13H20O3/c1-10-8-11(9-16-10)13(14)6-2-4-12-5-3-7-15-12/h8-9,12-14H,2-7H2,1H3. The van der Waals surface area contributed by atoms with Gasteiger partial charge < -0.3 is 14.3 Å². The van der Waals surface area contributed by atoms with Crippen LogP contribution in [-0.4, -0.2) is 17.8 Å². The van der Waals surface area contributed by atoms with Crippen molar-refractivity contribution < 1.29 is 14.3 Å². The summed E-state index contributed by atoms with van der Waals surface area (Å²) in [6.45, 7) is 2.80. The van der Waals surface area contributed by atoms with Crippen LogP contribution in [0, 0.1) is 6.92 Å². The maximum atomic E-state index is 9.91. The average molecular weight is 224 g/mol. The molecule has 3 heteroatoms. The first kappa shape index (κ1) is 11.7. The number of aliphatic hydroxyl groups excluding tert-OH is 1. The number of ether oxygens (including phenoxy) is 1. The molecule has 1 aromatic rings. The van der Waals surface area contributed by atoms with Crippen molar-refractivity contribution in [3.63, 3.8) is 0 Å². The van der Waals surface area contributed by atoms with Crippen LogP contribution in [0.25, 0.3) is 0 Å². The van der Waals surface area contributed by atoms with Gasteiger partial charge in [-0.15, -0.1) is 0 Å². The van der Waals surface area contributed by atoms with E-state index in [1.54, 1.807) is 6.26 Å². The Bertz CT molecular complexity index is 313. The second kappa shape index (κ2) is 5.51. The van der Waals surface area contributed by atoms with Crippen LogP contribution in [0.4, 0.5) is 0 Å². The zero-order valence-corrected chi connectivity index (χ0v) is 9.82. The molecule has 1 N–H and O–H groups in total. The van der Waals surface area contributed by atoms with Gasteiger partial charge >= 0.3 is 0 Å². The monoisotopic (exact) mass is 224 g/mol. The summed E-state index contributed by atoms with van der Waals surface area (Å²) in [4.78, 5) is 0. The van der Waals surface area contributed by atoms with Crippen LogP contribution in [0.15, 0.2) is 16.7 Å². The normalized spacial score (nSPS) is 22.5. The molecule has 1 saturated heterocycles. The smallest absolute Gasteiger partial charge is 0.101 e. The number of hydrogen-bond acceptors (Lipinski definition) is 3. The van der Waals surface area contributed by atoms with E-state index in [1.807, 2.05) is 13.0 Å². The third kappa shape index (κ3) is 3.09. The molecule has 90 valence electrons. The Kier molecular flexibility index (Phi) is 4.02. The Morgan fingerprint density at radius 2 is 2.44 bits per heavy atom. The lowest BCUT2D eigenvalue weighted by atomic mass is 10.0. The van der Waals surface area contributed by atoms with Crippen LogP contribution in [0.1, 0.15) is 49.5 Å². The molecule has 2 atom stereocenters. The van der Waals surface area contributed by atoms with Gasteiger partial charge in [0.15, 0.2) is 0 Å². The number of aryl methyl sites for hydroxylation is 1. The molecule has 1 fully saturated rings. The van der Waals surface area contributed by atoms with E-state index in [0.29, 0.717) is 6.10 Å². The minimum atomic E-state index is -0.390. The second-order valence-electron chi connectivity index (χ2n) is 4.57. The molecule has 1 aromatic heterocycles. The SMILES string of the molecule is Cc1cc(C(O)CCCC2CCCO2)co1. The molecule has 2 heterocycles. The van der Waals surface area contributed by atoms with Crippen LogP contribution >= 0.6 is 0 Å². The van der Waals surface area contributed by atoms with Crippen LogP contribution in [0.2, 0.25) is 0 Å². The number of furan rings is 1. The summed E-state index contributed by atoms with van der Waals surface area (Å²) in [6.07, 6.45) is 6.92. The Labute approximate surface area is 96.4 Å². The van der Waals surface area contributed by atoms with E-state index < -0.39 is 0 Å². The first-order valence-corrected chi connectivity index (χ1v) is 6.10. The molecule has 0 bridgehead atoms. The van der Waals surface area contributed by atoms with E-state index >= 15 is 0 Å². The van der Waals surface area contributed by atoms with Crippen molar-refractivity contribution in [1.82, 2.24) is 0 Å². The summed E-state index contributed by atoms with van der Waals surface area (Å²) >= 11 is 0. The minimum Gasteiger partial charge on any atom is -0.469 e. The lowest BCUT2D eigenvalue weighted by Crippen LogP contribution is -2.05. The van der Waals surface area contributed by atoms with Crippen molar-refractivity contribution in [2.45, 2.75) is 51.2 Å². The van der Waals surface area contributed by atoms with Crippen molar-refractivity contribution in [3.05, 3.63) is 23.7 Å². The molecule has 0 radical (unpaired) electrons. The molecule has 0 aliphatic carbocycles. The van der Waals surface area contributed by atoms with E-state index in [4.69, 9.17) is 9.15 Å². The molecule has 3 nitrogen and oxygen atoms in total. The van der Waals surface area contributed by atoms with Gasteiger partial charge in [0.1, 0.15) is 5.76 Å². The highest BCUT2D eigenvalue weighted by molar-refractivity contribution is 5.14. The van der Waals surface area contributed by atoms with E-state index in [0.717, 1.165) is 37.2 Å². The maximum Gasteiger partial charge on any atom is 0.101 e. The Morgan fingerprint density at radius 1 is 1.56 bits per heavy atom. The number of aliphatic hydroxyl groups is 1. The minimum absolute atomic E-state index is 0.390. The molecule has 2 unspecified atom stereocenters. The van der Waals surface area contributed by atoms with Crippen molar-refractivity contribution in [1.29, 1.82) is 0 Å². The van der Waals surface area contributed by atoms with E-state index in [9.17, 15) is 5.11 Å². The molecule has 0 aromatic carbocycles. The molecular weight excluding hydrogens is 204 g/mol. The van der Waals surface area contributed by atoms with Crippen LogP contribution in [0.3, 0.4) is 0 Å². The Morgan fingerprint density at radius 3 is 3.06 bits per heavy atom. The lowest BCUT2D eigenvalue weighted by molar-refractivity contribution is 0.0944. The van der Waals surface area contributed by atoms with E-state index in [-0.39, 0.29) is 6.10 Å². The predicted octanol–water partition coefficient (Wildman–Crippen LogP) is 2.97. The van der Waals surface area contributed by atoms with Crippen molar-refractivity contribution in [2.75, 3.05) is 6.61 Å². The molecule has 1 aliphatic heterocycles. The van der Waals surface area contributed by atoms with Gasteiger partial charge in [0.2, 0.25) is 0 Å². The lowest BCUT2D eigenvalue weighted by Gasteiger charge is -2.11. The summed E-state index contributed by atoms with van der Waals surface area (Å²) in [6, 6.07) is 1.90. The molecular formula is C13H20O3. The maximum absolute atomic E-state index is 9.91. The number of rotatable bonds is 5. The topological polar surface area (TPSA) is 42.6 Å². The van der Waals surface area contributed by atoms with Crippen molar-refractivity contribution in [3.8, 4) is 0 Å². The third-order valence-corrected chi connectivity index (χ3v) is 3.16. The van der Waals surface area contributed by atoms with Gasteiger partial charge in [-0.25, -0.2) is 0 Å². The van der Waals surface area contributed by atoms with Gasteiger partial charge in [-0.2, -0.15) is 0 Å². The highest BCUT2D eigenvalue weighted by atomic mass is 16.5. The van der Waals surface area contributed by atoms with Crippen LogP contribution < -0.4 is 0 Å². The predicted molar refractivity (Wildman–Crippen MR) is 61.2 cm³/mol. The highest BCUT2D eigenvalue weighted by Crippen LogP contribution is 2.24. The number of hydrogen-bond donors (Lipinski definition) is 1. The van der Waals surface area contributed by atoms with Crippen LogP contribution in [-0.2, 0) is 4.74 Å². The van der Waals surface area contributed by atoms with Gasteiger partial charge in [-0.05, 0) is 45.1 Å². The largest absolute Gasteiger partial charge is 0.469 e. The fourth-order valence-corrected chi connectivity index (χ4v) is 2.22. The van der Waals surface area contributed by atoms with Gasteiger partial charge in [0, 0.05) is 12.2 Å².